The Morgan fingerprint density at radius 3 is 2.09 bits per heavy atom. The average molecular weight is 150 g/mol. The summed E-state index contributed by atoms with van der Waals surface area (Å²) in [5.41, 5.74) is 0.525. The number of aliphatic imine (C=N–C) groups is 2. The summed E-state index contributed by atoms with van der Waals surface area (Å²) < 4.78 is 0. The number of isocyanates is 2. The molecule has 0 spiro atoms. The zero-order valence-electron chi connectivity index (χ0n) is 6.00. The van der Waals surface area contributed by atoms with Crippen LogP contribution < -0.4 is 0 Å². The summed E-state index contributed by atoms with van der Waals surface area (Å²) in [4.78, 5) is 25.8. The molecule has 4 heteroatoms. The first-order chi connectivity index (χ1) is 5.26. The fourth-order valence-electron chi connectivity index (χ4n) is 0.379. The van der Waals surface area contributed by atoms with Crippen LogP contribution in [0, 0.1) is 0 Å². The first-order valence-electron chi connectivity index (χ1n) is 2.75. The summed E-state index contributed by atoms with van der Waals surface area (Å²) in [5.74, 6) is -0.00926. The molecule has 0 aliphatic rings. The zero-order valence-corrected chi connectivity index (χ0v) is 6.00. The van der Waals surface area contributed by atoms with E-state index in [1.54, 1.807) is 6.92 Å². The molecule has 0 atom stereocenters. The molecule has 4 nitrogen and oxygen atoms in total. The summed E-state index contributed by atoms with van der Waals surface area (Å²) >= 11 is 0. The summed E-state index contributed by atoms with van der Waals surface area (Å²) in [5, 5.41) is 0. The van der Waals surface area contributed by atoms with Gasteiger partial charge in [0.05, 0.1) is 0 Å². The highest BCUT2D eigenvalue weighted by molar-refractivity contribution is 5.43. The monoisotopic (exact) mass is 150 g/mol. The lowest BCUT2D eigenvalue weighted by molar-refractivity contribution is 0.562. The lowest BCUT2D eigenvalue weighted by atomic mass is 10.3. The minimum Gasteiger partial charge on any atom is -0.211 e. The highest BCUT2D eigenvalue weighted by Gasteiger charge is 1.93. The molecule has 0 aromatic rings. The van der Waals surface area contributed by atoms with Gasteiger partial charge in [0.25, 0.3) is 0 Å². The van der Waals surface area contributed by atoms with Crippen molar-refractivity contribution in [2.24, 2.45) is 9.98 Å². The number of nitrogens with zero attached hydrogens (tertiary/aromatic N) is 2. The van der Waals surface area contributed by atoms with Crippen molar-refractivity contribution in [3.63, 3.8) is 0 Å². The normalized spacial score (nSPS) is 7.00. The standard InChI is InChI=1S/C7H6N2O2/c1-3-6(2)7(8-4-10)9-5-11/h3H,1H2,2H3. The van der Waals surface area contributed by atoms with Crippen LogP contribution in [0.1, 0.15) is 6.92 Å². The molecule has 0 N–H and O–H groups in total. The maximum atomic E-state index is 9.76. The molecule has 0 fully saturated rings. The van der Waals surface area contributed by atoms with Crippen LogP contribution in [0.2, 0.25) is 0 Å². The second kappa shape index (κ2) is 5.06. The van der Waals surface area contributed by atoms with Crippen LogP contribution >= 0.6 is 0 Å². The van der Waals surface area contributed by atoms with Gasteiger partial charge in [0, 0.05) is 0 Å². The van der Waals surface area contributed by atoms with Crippen molar-refractivity contribution < 1.29 is 9.59 Å². The molecule has 56 valence electrons. The van der Waals surface area contributed by atoms with Gasteiger partial charge in [0.1, 0.15) is 0 Å². The third-order valence-corrected chi connectivity index (χ3v) is 0.962. The molecule has 0 rings (SSSR count). The number of hydrogen-bond acceptors (Lipinski definition) is 4. The highest BCUT2D eigenvalue weighted by atomic mass is 16.1. The van der Waals surface area contributed by atoms with Crippen molar-refractivity contribution in [3.05, 3.63) is 24.0 Å². The Hall–Kier alpha value is -1.76. The van der Waals surface area contributed by atoms with Gasteiger partial charge in [0.2, 0.25) is 12.2 Å². The average Bonchev–Trinajstić information content (AvgIpc) is 2.03. The van der Waals surface area contributed by atoms with Gasteiger partial charge in [-0.15, -0.1) is 9.98 Å². The molecule has 0 aliphatic heterocycles. The second-order valence-electron chi connectivity index (χ2n) is 1.62. The van der Waals surface area contributed by atoms with E-state index in [0.29, 0.717) is 5.57 Å². The van der Waals surface area contributed by atoms with E-state index in [-0.39, 0.29) is 5.82 Å². The molecular weight excluding hydrogens is 144 g/mol. The molecule has 0 heterocycles. The van der Waals surface area contributed by atoms with Gasteiger partial charge in [-0.05, 0) is 12.5 Å². The van der Waals surface area contributed by atoms with Gasteiger partial charge >= 0.3 is 0 Å². The fourth-order valence-corrected chi connectivity index (χ4v) is 0.379. The van der Waals surface area contributed by atoms with Crippen LogP contribution in [0.3, 0.4) is 0 Å². The topological polar surface area (TPSA) is 58.9 Å². The lowest BCUT2D eigenvalue weighted by Crippen LogP contribution is -1.77. The Morgan fingerprint density at radius 1 is 1.36 bits per heavy atom. The molecule has 0 aromatic carbocycles. The lowest BCUT2D eigenvalue weighted by Gasteiger charge is -1.89. The van der Waals surface area contributed by atoms with Gasteiger partial charge in [-0.2, -0.15) is 0 Å². The predicted molar refractivity (Wildman–Crippen MR) is 39.1 cm³/mol. The molecular formula is C7H6N2O2. The van der Waals surface area contributed by atoms with Crippen molar-refractivity contribution >= 4 is 12.2 Å². The zero-order chi connectivity index (χ0) is 8.69. The van der Waals surface area contributed by atoms with Gasteiger partial charge in [0.15, 0.2) is 5.82 Å². The molecule has 0 saturated carbocycles. The molecule has 0 aliphatic carbocycles. The SMILES string of the molecule is C=CC(C)=C(N=C=O)N=C=O. The van der Waals surface area contributed by atoms with E-state index < -0.39 is 0 Å². The molecule has 0 saturated heterocycles. The Balaban J connectivity index is 5.00. The van der Waals surface area contributed by atoms with Crippen LogP contribution in [-0.4, -0.2) is 12.2 Å². The summed E-state index contributed by atoms with van der Waals surface area (Å²) in [6.07, 6.45) is 3.96. The van der Waals surface area contributed by atoms with E-state index in [9.17, 15) is 9.59 Å². The van der Waals surface area contributed by atoms with Crippen molar-refractivity contribution in [1.29, 1.82) is 0 Å². The quantitative estimate of drug-likeness (QED) is 0.343. The predicted octanol–water partition coefficient (Wildman–Crippen LogP) is 1.08. The molecule has 0 radical (unpaired) electrons. The van der Waals surface area contributed by atoms with E-state index in [1.807, 2.05) is 0 Å². The second-order valence-corrected chi connectivity index (χ2v) is 1.62. The smallest absolute Gasteiger partial charge is 0.211 e. The van der Waals surface area contributed by atoms with E-state index in [0.717, 1.165) is 0 Å². The third-order valence-electron chi connectivity index (χ3n) is 0.962. The molecule has 11 heavy (non-hydrogen) atoms. The van der Waals surface area contributed by atoms with Crippen LogP contribution in [0.15, 0.2) is 34.0 Å². The van der Waals surface area contributed by atoms with Crippen molar-refractivity contribution in [2.45, 2.75) is 6.92 Å². The van der Waals surface area contributed by atoms with Crippen molar-refractivity contribution in [2.75, 3.05) is 0 Å². The van der Waals surface area contributed by atoms with E-state index in [1.165, 1.54) is 18.2 Å². The Bertz CT molecular complexity index is 259. The third kappa shape index (κ3) is 3.06. The van der Waals surface area contributed by atoms with Gasteiger partial charge in [-0.25, -0.2) is 9.59 Å². The minimum absolute atomic E-state index is 0.00926. The summed E-state index contributed by atoms with van der Waals surface area (Å²) in [6, 6.07) is 0. The van der Waals surface area contributed by atoms with Gasteiger partial charge in [-0.1, -0.05) is 12.7 Å². The maximum absolute atomic E-state index is 9.76. The molecule has 0 bridgehead atoms. The molecule has 0 unspecified atom stereocenters. The number of hydrogen-bond donors (Lipinski definition) is 0. The maximum Gasteiger partial charge on any atom is 0.242 e. The van der Waals surface area contributed by atoms with Crippen LogP contribution in [0.25, 0.3) is 0 Å². The first kappa shape index (κ1) is 9.24. The Kier molecular flexibility index (Phi) is 4.25. The van der Waals surface area contributed by atoms with E-state index >= 15 is 0 Å². The Morgan fingerprint density at radius 2 is 1.82 bits per heavy atom. The number of rotatable bonds is 3. The largest absolute Gasteiger partial charge is 0.242 e. The summed E-state index contributed by atoms with van der Waals surface area (Å²) in [7, 11) is 0. The van der Waals surface area contributed by atoms with Crippen LogP contribution in [0.5, 0.6) is 0 Å². The fraction of sp³-hybridized carbons (Fsp3) is 0.143. The number of allylic oxidation sites excluding steroid dienone is 2. The minimum atomic E-state index is -0.00926. The van der Waals surface area contributed by atoms with Crippen LogP contribution in [-0.2, 0) is 9.59 Å². The Labute approximate surface area is 63.7 Å². The van der Waals surface area contributed by atoms with Crippen LogP contribution in [0.4, 0.5) is 0 Å². The van der Waals surface area contributed by atoms with Crippen molar-refractivity contribution in [3.8, 4) is 0 Å². The van der Waals surface area contributed by atoms with Crippen molar-refractivity contribution in [1.82, 2.24) is 0 Å². The molecule has 0 amide bonds. The van der Waals surface area contributed by atoms with E-state index in [2.05, 4.69) is 16.6 Å². The number of carbonyl (C=O) groups excluding carboxylic acids is 2. The van der Waals surface area contributed by atoms with Gasteiger partial charge < -0.3 is 0 Å². The van der Waals surface area contributed by atoms with E-state index in [4.69, 9.17) is 0 Å². The summed E-state index contributed by atoms with van der Waals surface area (Å²) in [6.45, 7) is 5.02. The molecule has 0 aromatic heterocycles. The first-order valence-corrected chi connectivity index (χ1v) is 2.75. The van der Waals surface area contributed by atoms with Gasteiger partial charge in [-0.3, -0.25) is 0 Å². The highest BCUT2D eigenvalue weighted by Crippen LogP contribution is 2.05.